The van der Waals surface area contributed by atoms with Gasteiger partial charge in [-0.05, 0) is 35.4 Å². The van der Waals surface area contributed by atoms with Crippen molar-refractivity contribution < 1.29 is 36.8 Å². The first-order valence-corrected chi connectivity index (χ1v) is 9.03. The number of nitrogens with one attached hydrogen (secondary N) is 2. The molecule has 0 fully saturated rings. The van der Waals surface area contributed by atoms with Gasteiger partial charge in [-0.15, -0.1) is 11.8 Å². The molecule has 2 rings (SSSR count). The summed E-state index contributed by atoms with van der Waals surface area (Å²) in [6.45, 7) is 1.76. The lowest BCUT2D eigenvalue weighted by Gasteiger charge is -2.10. The van der Waals surface area contributed by atoms with Crippen LogP contribution in [0, 0.1) is 23.3 Å². The Hall–Kier alpha value is -3.21. The van der Waals surface area contributed by atoms with Gasteiger partial charge in [0.15, 0.2) is 28.8 Å². The molecule has 154 valence electrons. The van der Waals surface area contributed by atoms with Gasteiger partial charge in [-0.3, -0.25) is 0 Å². The minimum absolute atomic E-state index is 0.0759. The van der Waals surface area contributed by atoms with E-state index in [2.05, 4.69) is 11.0 Å². The Balaban J connectivity index is 2.02. The number of anilines is 2. The molecule has 29 heavy (non-hydrogen) atoms. The number of benzene rings is 2. The highest BCUT2D eigenvalue weighted by atomic mass is 32.2. The van der Waals surface area contributed by atoms with Crippen LogP contribution < -0.4 is 11.0 Å². The maximum absolute atomic E-state index is 13.2. The number of thioether (sulfide) groups is 1. The normalized spacial score (nSPS) is 10.1. The van der Waals surface area contributed by atoms with Crippen LogP contribution in [0.4, 0.5) is 28.9 Å². The van der Waals surface area contributed by atoms with Gasteiger partial charge in [-0.1, -0.05) is 6.92 Å². The molecule has 0 unspecified atom stereocenters. The predicted octanol–water partition coefficient (Wildman–Crippen LogP) is 4.32. The van der Waals surface area contributed by atoms with E-state index in [0.29, 0.717) is 5.75 Å². The standard InChI is InChI=1S/C18H14F4N2O4S/c1-2-29-9-12(17(25)27-23-10-3-5-13(19)15(21)7-10)18(26)28-24-11-4-6-14(20)16(22)8-11/h3-9,23-24H,2H2,1H3. The zero-order valence-corrected chi connectivity index (χ0v) is 15.6. The van der Waals surface area contributed by atoms with Crippen LogP contribution in [0.1, 0.15) is 6.92 Å². The molecule has 0 aliphatic carbocycles. The minimum Gasteiger partial charge on any atom is -0.338 e. The summed E-state index contributed by atoms with van der Waals surface area (Å²) >= 11 is 1.09. The van der Waals surface area contributed by atoms with Crippen molar-refractivity contribution in [1.29, 1.82) is 0 Å². The van der Waals surface area contributed by atoms with Crippen LogP contribution >= 0.6 is 11.8 Å². The molecule has 0 amide bonds. The van der Waals surface area contributed by atoms with Crippen molar-refractivity contribution in [2.75, 3.05) is 16.7 Å². The van der Waals surface area contributed by atoms with Gasteiger partial charge in [0.25, 0.3) is 0 Å². The van der Waals surface area contributed by atoms with Gasteiger partial charge >= 0.3 is 11.9 Å². The summed E-state index contributed by atoms with van der Waals surface area (Å²) < 4.78 is 52.2. The summed E-state index contributed by atoms with van der Waals surface area (Å²) in [5, 5.41) is 1.17. The number of hydrogen-bond acceptors (Lipinski definition) is 7. The van der Waals surface area contributed by atoms with Gasteiger partial charge in [0.2, 0.25) is 0 Å². The third-order valence-corrected chi connectivity index (χ3v) is 3.91. The molecule has 2 aromatic carbocycles. The summed E-state index contributed by atoms with van der Waals surface area (Å²) in [6.07, 6.45) is 0. The quantitative estimate of drug-likeness (QED) is 0.212. The van der Waals surface area contributed by atoms with Gasteiger partial charge < -0.3 is 9.68 Å². The summed E-state index contributed by atoms with van der Waals surface area (Å²) in [5.41, 5.74) is 3.48. The Labute approximate surface area is 166 Å². The molecule has 0 spiro atoms. The van der Waals surface area contributed by atoms with Crippen LogP contribution in [0.5, 0.6) is 0 Å². The van der Waals surface area contributed by atoms with Gasteiger partial charge in [-0.25, -0.2) is 38.1 Å². The Morgan fingerprint density at radius 2 is 1.31 bits per heavy atom. The number of halogens is 4. The van der Waals surface area contributed by atoms with E-state index < -0.39 is 40.8 Å². The maximum Gasteiger partial charge on any atom is 0.370 e. The number of hydrogen-bond donors (Lipinski definition) is 2. The fourth-order valence-electron chi connectivity index (χ4n) is 1.79. The molecule has 0 saturated heterocycles. The molecule has 0 aromatic heterocycles. The van der Waals surface area contributed by atoms with Crippen LogP contribution in [-0.4, -0.2) is 17.7 Å². The van der Waals surface area contributed by atoms with Crippen LogP contribution in [0.3, 0.4) is 0 Å². The first kappa shape index (κ1) is 22.1. The molecule has 0 bridgehead atoms. The smallest absolute Gasteiger partial charge is 0.338 e. The molecule has 0 aliphatic rings. The molecule has 6 nitrogen and oxygen atoms in total. The van der Waals surface area contributed by atoms with Crippen molar-refractivity contribution in [3.8, 4) is 0 Å². The van der Waals surface area contributed by atoms with E-state index in [1.54, 1.807) is 6.92 Å². The number of carbonyl (C=O) groups excluding carboxylic acids is 2. The summed E-state index contributed by atoms with van der Waals surface area (Å²) in [7, 11) is 0. The predicted molar refractivity (Wildman–Crippen MR) is 98.4 cm³/mol. The molecule has 0 saturated carbocycles. The second kappa shape index (κ2) is 10.4. The van der Waals surface area contributed by atoms with Gasteiger partial charge in [0, 0.05) is 12.1 Å². The molecule has 0 heterocycles. The van der Waals surface area contributed by atoms with E-state index in [1.165, 1.54) is 5.41 Å². The third-order valence-electron chi connectivity index (χ3n) is 3.17. The van der Waals surface area contributed by atoms with E-state index in [9.17, 15) is 27.2 Å². The van der Waals surface area contributed by atoms with Crippen molar-refractivity contribution in [2.24, 2.45) is 0 Å². The first-order valence-electron chi connectivity index (χ1n) is 7.98. The number of rotatable bonds is 8. The Morgan fingerprint density at radius 1 is 0.862 bits per heavy atom. The average molecular weight is 430 g/mol. The maximum atomic E-state index is 13.2. The fraction of sp³-hybridized carbons (Fsp3) is 0.111. The lowest BCUT2D eigenvalue weighted by Crippen LogP contribution is -2.22. The monoisotopic (exact) mass is 430 g/mol. The Bertz CT molecular complexity index is 871. The van der Waals surface area contributed by atoms with Crippen LogP contribution in [-0.2, 0) is 19.3 Å². The second-order valence-electron chi connectivity index (χ2n) is 5.23. The highest BCUT2D eigenvalue weighted by Gasteiger charge is 2.23. The molecular formula is C18H14F4N2O4S. The SMILES string of the molecule is CCSC=C(C(=O)ONc1ccc(F)c(F)c1)C(=O)ONc1ccc(F)c(F)c1. The molecule has 0 aliphatic heterocycles. The Morgan fingerprint density at radius 3 is 1.69 bits per heavy atom. The lowest BCUT2D eigenvalue weighted by atomic mass is 10.3. The van der Waals surface area contributed by atoms with Gasteiger partial charge in [-0.2, -0.15) is 0 Å². The lowest BCUT2D eigenvalue weighted by molar-refractivity contribution is -0.144. The first-order chi connectivity index (χ1) is 13.8. The summed E-state index contributed by atoms with van der Waals surface area (Å²) in [5.74, 6) is -6.35. The Kier molecular flexibility index (Phi) is 7.89. The molecule has 2 aromatic rings. The zero-order chi connectivity index (χ0) is 21.4. The molecular weight excluding hydrogens is 416 g/mol. The molecule has 0 radical (unpaired) electrons. The van der Waals surface area contributed by atoms with Crippen molar-refractivity contribution in [3.63, 3.8) is 0 Å². The van der Waals surface area contributed by atoms with Crippen LogP contribution in [0.25, 0.3) is 0 Å². The largest absolute Gasteiger partial charge is 0.370 e. The highest BCUT2D eigenvalue weighted by Crippen LogP contribution is 2.17. The van der Waals surface area contributed by atoms with E-state index in [-0.39, 0.29) is 11.4 Å². The van der Waals surface area contributed by atoms with Crippen LogP contribution in [0.2, 0.25) is 0 Å². The van der Waals surface area contributed by atoms with Crippen molar-refractivity contribution in [3.05, 3.63) is 70.6 Å². The van der Waals surface area contributed by atoms with E-state index >= 15 is 0 Å². The van der Waals surface area contributed by atoms with Crippen molar-refractivity contribution in [1.82, 2.24) is 0 Å². The van der Waals surface area contributed by atoms with Gasteiger partial charge in [0.05, 0.1) is 11.4 Å². The molecule has 11 heteroatoms. The highest BCUT2D eigenvalue weighted by molar-refractivity contribution is 8.02. The zero-order valence-electron chi connectivity index (χ0n) is 14.8. The van der Waals surface area contributed by atoms with Crippen molar-refractivity contribution in [2.45, 2.75) is 6.92 Å². The van der Waals surface area contributed by atoms with Gasteiger partial charge in [0.1, 0.15) is 0 Å². The number of carbonyl (C=O) groups is 2. The fourth-order valence-corrected chi connectivity index (χ4v) is 2.31. The van der Waals surface area contributed by atoms with Crippen molar-refractivity contribution >= 4 is 35.1 Å². The molecule has 0 atom stereocenters. The van der Waals surface area contributed by atoms with E-state index in [4.69, 9.17) is 9.68 Å². The topological polar surface area (TPSA) is 76.7 Å². The third kappa shape index (κ3) is 6.42. The molecule has 2 N–H and O–H groups in total. The summed E-state index contributed by atoms with van der Waals surface area (Å²) in [4.78, 5) is 33.7. The van der Waals surface area contributed by atoms with Crippen LogP contribution in [0.15, 0.2) is 47.4 Å². The minimum atomic E-state index is -1.17. The average Bonchev–Trinajstić information content (AvgIpc) is 2.70. The second-order valence-corrected chi connectivity index (χ2v) is 6.37. The van der Waals surface area contributed by atoms with E-state index in [1.807, 2.05) is 0 Å². The summed E-state index contributed by atoms with van der Waals surface area (Å²) in [6, 6.07) is 5.34. The van der Waals surface area contributed by atoms with E-state index in [0.717, 1.165) is 48.2 Å².